The standard InChI is InChI=1S/C7H11N3S/c1-10-6-5(9-7(10)11)3-2-4-8-6/h8H,2-4H2,1H3,(H,9,11). The second-order valence-corrected chi connectivity index (χ2v) is 3.23. The second kappa shape index (κ2) is 2.37. The average Bonchev–Trinajstić information content (AvgIpc) is 2.30. The topological polar surface area (TPSA) is 32.8 Å². The molecule has 2 N–H and O–H groups in total. The van der Waals surface area contributed by atoms with Crippen LogP contribution in [0.25, 0.3) is 0 Å². The number of aryl methyl sites for hydroxylation is 1. The van der Waals surface area contributed by atoms with Crippen LogP contribution < -0.4 is 5.32 Å². The zero-order chi connectivity index (χ0) is 7.84. The van der Waals surface area contributed by atoms with Crippen LogP contribution in [0.4, 0.5) is 5.82 Å². The quantitative estimate of drug-likeness (QED) is 0.576. The molecule has 2 heterocycles. The minimum absolute atomic E-state index is 0.810. The molecule has 4 heteroatoms. The van der Waals surface area contributed by atoms with Gasteiger partial charge in [-0.25, -0.2) is 0 Å². The van der Waals surface area contributed by atoms with E-state index in [1.807, 2.05) is 11.6 Å². The maximum Gasteiger partial charge on any atom is 0.178 e. The minimum Gasteiger partial charge on any atom is -0.370 e. The van der Waals surface area contributed by atoms with Gasteiger partial charge in [-0.2, -0.15) is 0 Å². The van der Waals surface area contributed by atoms with E-state index in [9.17, 15) is 0 Å². The summed E-state index contributed by atoms with van der Waals surface area (Å²) in [6.07, 6.45) is 2.31. The van der Waals surface area contributed by atoms with E-state index >= 15 is 0 Å². The van der Waals surface area contributed by atoms with Crippen LogP contribution >= 0.6 is 12.2 Å². The van der Waals surface area contributed by atoms with Gasteiger partial charge in [0.1, 0.15) is 5.82 Å². The van der Waals surface area contributed by atoms with Crippen LogP contribution in [-0.4, -0.2) is 16.1 Å². The summed E-state index contributed by atoms with van der Waals surface area (Å²) in [5.74, 6) is 1.17. The highest BCUT2D eigenvalue weighted by atomic mass is 32.1. The Morgan fingerprint density at radius 1 is 1.55 bits per heavy atom. The lowest BCUT2D eigenvalue weighted by Crippen LogP contribution is -2.13. The van der Waals surface area contributed by atoms with Gasteiger partial charge in [-0.15, -0.1) is 0 Å². The summed E-state index contributed by atoms with van der Waals surface area (Å²) in [6.45, 7) is 1.06. The molecule has 1 aromatic rings. The first kappa shape index (κ1) is 6.91. The Morgan fingerprint density at radius 2 is 2.36 bits per heavy atom. The normalized spacial score (nSPS) is 15.7. The van der Waals surface area contributed by atoms with Crippen LogP contribution in [0.5, 0.6) is 0 Å². The van der Waals surface area contributed by atoms with Crippen molar-refractivity contribution in [1.82, 2.24) is 9.55 Å². The molecule has 0 unspecified atom stereocenters. The third-order valence-corrected chi connectivity index (χ3v) is 2.46. The summed E-state index contributed by atoms with van der Waals surface area (Å²) in [7, 11) is 1.98. The molecule has 1 aromatic heterocycles. The van der Waals surface area contributed by atoms with E-state index in [1.165, 1.54) is 17.9 Å². The number of rotatable bonds is 0. The van der Waals surface area contributed by atoms with Crippen molar-refractivity contribution in [3.8, 4) is 0 Å². The number of H-pyrrole nitrogens is 1. The second-order valence-electron chi connectivity index (χ2n) is 2.85. The predicted octanol–water partition coefficient (Wildman–Crippen LogP) is 1.44. The van der Waals surface area contributed by atoms with Crippen molar-refractivity contribution < 1.29 is 0 Å². The third-order valence-electron chi connectivity index (χ3n) is 2.08. The number of anilines is 1. The number of fused-ring (bicyclic) bond motifs is 1. The summed E-state index contributed by atoms with van der Waals surface area (Å²) in [5.41, 5.74) is 1.25. The lowest BCUT2D eigenvalue weighted by atomic mass is 10.2. The molecule has 0 fully saturated rings. The highest BCUT2D eigenvalue weighted by Gasteiger charge is 2.12. The smallest absolute Gasteiger partial charge is 0.178 e. The van der Waals surface area contributed by atoms with E-state index in [1.54, 1.807) is 0 Å². The molecular formula is C7H11N3S. The molecule has 0 atom stereocenters. The molecule has 1 aliphatic heterocycles. The summed E-state index contributed by atoms with van der Waals surface area (Å²) in [5, 5.41) is 3.32. The maximum absolute atomic E-state index is 5.09. The van der Waals surface area contributed by atoms with E-state index in [4.69, 9.17) is 12.2 Å². The maximum atomic E-state index is 5.09. The van der Waals surface area contributed by atoms with E-state index < -0.39 is 0 Å². The molecule has 3 nitrogen and oxygen atoms in total. The van der Waals surface area contributed by atoms with Crippen LogP contribution in [0.3, 0.4) is 0 Å². The van der Waals surface area contributed by atoms with Gasteiger partial charge in [0.2, 0.25) is 0 Å². The lowest BCUT2D eigenvalue weighted by Gasteiger charge is -2.13. The van der Waals surface area contributed by atoms with Gasteiger partial charge in [0.25, 0.3) is 0 Å². The molecule has 0 aromatic carbocycles. The van der Waals surface area contributed by atoms with E-state index in [-0.39, 0.29) is 0 Å². The fourth-order valence-corrected chi connectivity index (χ4v) is 1.67. The summed E-state index contributed by atoms with van der Waals surface area (Å²) >= 11 is 5.09. The van der Waals surface area contributed by atoms with Gasteiger partial charge in [0.15, 0.2) is 4.77 Å². The van der Waals surface area contributed by atoms with Crippen molar-refractivity contribution in [3.63, 3.8) is 0 Å². The fraction of sp³-hybridized carbons (Fsp3) is 0.571. The Balaban J connectivity index is 2.59. The molecule has 0 aliphatic carbocycles. The zero-order valence-corrected chi connectivity index (χ0v) is 7.29. The Labute approximate surface area is 70.4 Å². The average molecular weight is 169 g/mol. The summed E-state index contributed by atoms with van der Waals surface area (Å²) in [4.78, 5) is 3.18. The molecule has 2 rings (SSSR count). The van der Waals surface area contributed by atoms with Crippen molar-refractivity contribution in [2.75, 3.05) is 11.9 Å². The Bertz CT molecular complexity index is 323. The molecule has 0 bridgehead atoms. The van der Waals surface area contributed by atoms with Crippen molar-refractivity contribution >= 4 is 18.0 Å². The van der Waals surface area contributed by atoms with Crippen LogP contribution in [-0.2, 0) is 13.5 Å². The molecule has 0 saturated carbocycles. The first-order valence-electron chi connectivity index (χ1n) is 3.81. The van der Waals surface area contributed by atoms with Crippen molar-refractivity contribution in [2.24, 2.45) is 7.05 Å². The van der Waals surface area contributed by atoms with Crippen LogP contribution in [0.15, 0.2) is 0 Å². The number of nitrogens with zero attached hydrogens (tertiary/aromatic N) is 1. The SMILES string of the molecule is Cn1c2c([nH]c1=S)CCCN2. The van der Waals surface area contributed by atoms with Crippen LogP contribution in [0.2, 0.25) is 0 Å². The number of aromatic nitrogens is 2. The monoisotopic (exact) mass is 169 g/mol. The van der Waals surface area contributed by atoms with E-state index in [0.29, 0.717) is 0 Å². The number of hydrogen-bond acceptors (Lipinski definition) is 2. The highest BCUT2D eigenvalue weighted by molar-refractivity contribution is 7.71. The van der Waals surface area contributed by atoms with E-state index in [0.717, 1.165) is 17.7 Å². The van der Waals surface area contributed by atoms with E-state index in [2.05, 4.69) is 10.3 Å². The first-order chi connectivity index (χ1) is 5.29. The Kier molecular flexibility index (Phi) is 1.49. The van der Waals surface area contributed by atoms with Gasteiger partial charge >= 0.3 is 0 Å². The van der Waals surface area contributed by atoms with Crippen molar-refractivity contribution in [2.45, 2.75) is 12.8 Å². The highest BCUT2D eigenvalue weighted by Crippen LogP contribution is 2.19. The molecular weight excluding hydrogens is 158 g/mol. The van der Waals surface area contributed by atoms with Crippen LogP contribution in [0, 0.1) is 4.77 Å². The molecule has 1 aliphatic rings. The molecule has 0 amide bonds. The molecule has 11 heavy (non-hydrogen) atoms. The first-order valence-corrected chi connectivity index (χ1v) is 4.21. The van der Waals surface area contributed by atoms with Gasteiger partial charge in [0.05, 0.1) is 5.69 Å². The summed E-state index contributed by atoms with van der Waals surface area (Å²) in [6, 6.07) is 0. The fourth-order valence-electron chi connectivity index (χ4n) is 1.45. The number of hydrogen-bond donors (Lipinski definition) is 2. The number of imidazole rings is 1. The number of nitrogens with one attached hydrogen (secondary N) is 2. The molecule has 60 valence electrons. The largest absolute Gasteiger partial charge is 0.370 e. The van der Waals surface area contributed by atoms with Gasteiger partial charge in [-0.05, 0) is 25.1 Å². The number of aromatic amines is 1. The molecule has 0 radical (unpaired) electrons. The minimum atomic E-state index is 0.810. The Hall–Kier alpha value is -0.770. The van der Waals surface area contributed by atoms with Crippen molar-refractivity contribution in [3.05, 3.63) is 10.5 Å². The predicted molar refractivity (Wildman–Crippen MR) is 47.4 cm³/mol. The van der Waals surface area contributed by atoms with Crippen LogP contribution in [0.1, 0.15) is 12.1 Å². The van der Waals surface area contributed by atoms with Crippen molar-refractivity contribution in [1.29, 1.82) is 0 Å². The van der Waals surface area contributed by atoms with Gasteiger partial charge in [-0.1, -0.05) is 0 Å². The van der Waals surface area contributed by atoms with Gasteiger partial charge in [-0.3, -0.25) is 0 Å². The molecule has 0 saturated heterocycles. The third kappa shape index (κ3) is 0.976. The zero-order valence-electron chi connectivity index (χ0n) is 6.48. The lowest BCUT2D eigenvalue weighted by molar-refractivity contribution is 0.792. The summed E-state index contributed by atoms with van der Waals surface area (Å²) < 4.78 is 2.80. The molecule has 0 spiro atoms. The Morgan fingerprint density at radius 3 is 3.09 bits per heavy atom. The van der Waals surface area contributed by atoms with Gasteiger partial charge in [0, 0.05) is 13.6 Å². The van der Waals surface area contributed by atoms with Gasteiger partial charge < -0.3 is 14.9 Å².